The smallest absolute Gasteiger partial charge is 0.311 e. The van der Waals surface area contributed by atoms with Gasteiger partial charge < -0.3 is 5.21 Å². The summed E-state index contributed by atoms with van der Waals surface area (Å²) in [7, 11) is 1.74. The minimum Gasteiger partial charge on any atom is -0.425 e. The van der Waals surface area contributed by atoms with Gasteiger partial charge in [0.25, 0.3) is 0 Å². The van der Waals surface area contributed by atoms with E-state index in [0.29, 0.717) is 15.8 Å². The summed E-state index contributed by atoms with van der Waals surface area (Å²) in [4.78, 5) is 12.0. The van der Waals surface area contributed by atoms with Crippen LogP contribution in [0.15, 0.2) is 47.4 Å². The van der Waals surface area contributed by atoms with Crippen LogP contribution in [0.5, 0.6) is 0 Å². The fourth-order valence-electron chi connectivity index (χ4n) is 2.01. The summed E-state index contributed by atoms with van der Waals surface area (Å²) >= 11 is 0. The van der Waals surface area contributed by atoms with Crippen molar-refractivity contribution in [1.29, 1.82) is 0 Å². The Morgan fingerprint density at radius 1 is 1.22 bits per heavy atom. The van der Waals surface area contributed by atoms with Crippen LogP contribution in [0.25, 0.3) is 22.2 Å². The van der Waals surface area contributed by atoms with Gasteiger partial charge in [-0.2, -0.15) is 5.10 Å². The van der Waals surface area contributed by atoms with Crippen LogP contribution >= 0.6 is 0 Å². The number of nitrogens with zero attached hydrogens (tertiary/aromatic N) is 3. The summed E-state index contributed by atoms with van der Waals surface area (Å²) in [6, 6.07) is 11.0. The molecule has 0 amide bonds. The van der Waals surface area contributed by atoms with E-state index in [1.54, 1.807) is 24.0 Å². The molecular formula is C13H11N3O2. The second-order valence-electron chi connectivity index (χ2n) is 4.12. The Labute approximate surface area is 102 Å². The molecule has 90 valence electrons. The highest BCUT2D eigenvalue weighted by Crippen LogP contribution is 2.20. The van der Waals surface area contributed by atoms with Gasteiger partial charge in [0, 0.05) is 24.2 Å². The number of aromatic nitrogens is 3. The number of hydrogen-bond donors (Lipinski definition) is 1. The summed E-state index contributed by atoms with van der Waals surface area (Å²) in [6.45, 7) is 0. The first-order valence-electron chi connectivity index (χ1n) is 5.51. The van der Waals surface area contributed by atoms with Gasteiger partial charge in [-0.3, -0.25) is 9.48 Å². The van der Waals surface area contributed by atoms with E-state index in [1.807, 2.05) is 30.3 Å². The lowest BCUT2D eigenvalue weighted by Gasteiger charge is -2.06. The van der Waals surface area contributed by atoms with E-state index in [-0.39, 0.29) is 5.52 Å². The van der Waals surface area contributed by atoms with Crippen LogP contribution in [0.3, 0.4) is 0 Å². The molecule has 0 radical (unpaired) electrons. The molecule has 0 unspecified atom stereocenters. The molecule has 5 nitrogen and oxygen atoms in total. The lowest BCUT2D eigenvalue weighted by atomic mass is 10.1. The molecule has 3 aromatic rings. The number of benzene rings is 1. The first-order chi connectivity index (χ1) is 8.66. The quantitative estimate of drug-likeness (QED) is 0.659. The van der Waals surface area contributed by atoms with Crippen LogP contribution in [0.4, 0.5) is 0 Å². The molecule has 5 heteroatoms. The summed E-state index contributed by atoms with van der Waals surface area (Å²) in [5, 5.41) is 14.7. The predicted octanol–water partition coefficient (Wildman–Crippen LogP) is 1.64. The highest BCUT2D eigenvalue weighted by molar-refractivity contribution is 5.81. The van der Waals surface area contributed by atoms with Crippen molar-refractivity contribution in [3.63, 3.8) is 0 Å². The Balaban J connectivity index is 2.37. The monoisotopic (exact) mass is 241 g/mol. The molecule has 0 saturated heterocycles. The Morgan fingerprint density at radius 2 is 1.94 bits per heavy atom. The van der Waals surface area contributed by atoms with E-state index in [0.717, 1.165) is 5.56 Å². The zero-order chi connectivity index (χ0) is 12.7. The zero-order valence-corrected chi connectivity index (χ0v) is 9.74. The standard InChI is InChI=1S/C13H11N3O2/c1-15-8-10-7-11(9-5-3-2-4-6-9)16(18)13(17)12(10)14-15/h2-8,18H,1H3. The number of fused-ring (bicyclic) bond motifs is 1. The molecule has 18 heavy (non-hydrogen) atoms. The first kappa shape index (κ1) is 10.6. The third-order valence-corrected chi connectivity index (χ3v) is 2.84. The molecule has 0 saturated carbocycles. The average Bonchev–Trinajstić information content (AvgIpc) is 2.76. The topological polar surface area (TPSA) is 60.0 Å². The fourth-order valence-corrected chi connectivity index (χ4v) is 2.01. The maximum Gasteiger partial charge on any atom is 0.311 e. The SMILES string of the molecule is Cn1cc2cc(-c3ccccc3)n(O)c(=O)c2n1. The first-order valence-corrected chi connectivity index (χ1v) is 5.51. The molecule has 2 heterocycles. The molecule has 0 aliphatic heterocycles. The third kappa shape index (κ3) is 1.48. The average molecular weight is 241 g/mol. The van der Waals surface area contributed by atoms with Crippen molar-refractivity contribution >= 4 is 10.9 Å². The summed E-state index contributed by atoms with van der Waals surface area (Å²) in [6.07, 6.45) is 1.75. The molecule has 0 aliphatic rings. The third-order valence-electron chi connectivity index (χ3n) is 2.84. The molecule has 0 spiro atoms. The van der Waals surface area contributed by atoms with E-state index >= 15 is 0 Å². The van der Waals surface area contributed by atoms with Crippen LogP contribution in [-0.2, 0) is 7.05 Å². The van der Waals surface area contributed by atoms with Gasteiger partial charge in [0.2, 0.25) is 0 Å². The van der Waals surface area contributed by atoms with Crippen LogP contribution in [-0.4, -0.2) is 19.7 Å². The molecule has 3 rings (SSSR count). The minimum atomic E-state index is -0.507. The predicted molar refractivity (Wildman–Crippen MR) is 67.6 cm³/mol. The van der Waals surface area contributed by atoms with E-state index in [9.17, 15) is 10.0 Å². The van der Waals surface area contributed by atoms with Crippen LogP contribution in [0.2, 0.25) is 0 Å². The second kappa shape index (κ2) is 3.73. The Kier molecular flexibility index (Phi) is 2.19. The van der Waals surface area contributed by atoms with Gasteiger partial charge in [0.1, 0.15) is 0 Å². The highest BCUT2D eigenvalue weighted by Gasteiger charge is 2.12. The molecule has 2 aromatic heterocycles. The van der Waals surface area contributed by atoms with Crippen LogP contribution < -0.4 is 5.56 Å². The number of rotatable bonds is 1. The van der Waals surface area contributed by atoms with Crippen LogP contribution in [0, 0.1) is 0 Å². The lowest BCUT2D eigenvalue weighted by molar-refractivity contribution is 0.181. The van der Waals surface area contributed by atoms with Crippen molar-refractivity contribution in [2.24, 2.45) is 7.05 Å². The van der Waals surface area contributed by atoms with Gasteiger partial charge in [-0.1, -0.05) is 30.3 Å². The molecular weight excluding hydrogens is 230 g/mol. The molecule has 0 fully saturated rings. The normalized spacial score (nSPS) is 10.9. The van der Waals surface area contributed by atoms with Crippen molar-refractivity contribution in [2.45, 2.75) is 0 Å². The maximum absolute atomic E-state index is 12.0. The zero-order valence-electron chi connectivity index (χ0n) is 9.74. The maximum atomic E-state index is 12.0. The van der Waals surface area contributed by atoms with E-state index in [2.05, 4.69) is 5.10 Å². The lowest BCUT2D eigenvalue weighted by Crippen LogP contribution is -2.19. The number of hydrogen-bond acceptors (Lipinski definition) is 3. The summed E-state index contributed by atoms with van der Waals surface area (Å²) in [5.41, 5.74) is 0.996. The molecule has 1 N–H and O–H groups in total. The second-order valence-corrected chi connectivity index (χ2v) is 4.12. The van der Waals surface area contributed by atoms with E-state index < -0.39 is 5.56 Å². The van der Waals surface area contributed by atoms with E-state index in [1.165, 1.54) is 0 Å². The minimum absolute atomic E-state index is 0.264. The molecule has 0 aliphatic carbocycles. The van der Waals surface area contributed by atoms with Crippen molar-refractivity contribution in [3.8, 4) is 11.3 Å². The summed E-state index contributed by atoms with van der Waals surface area (Å²) < 4.78 is 2.20. The van der Waals surface area contributed by atoms with Crippen LogP contribution in [0.1, 0.15) is 0 Å². The summed E-state index contributed by atoms with van der Waals surface area (Å²) in [5.74, 6) is 0. The van der Waals surface area contributed by atoms with Gasteiger partial charge >= 0.3 is 5.56 Å². The van der Waals surface area contributed by atoms with Crippen molar-refractivity contribution in [1.82, 2.24) is 14.5 Å². The van der Waals surface area contributed by atoms with Crippen molar-refractivity contribution in [2.75, 3.05) is 0 Å². The Morgan fingerprint density at radius 3 is 2.67 bits per heavy atom. The van der Waals surface area contributed by atoms with Gasteiger partial charge in [-0.05, 0) is 6.07 Å². The van der Waals surface area contributed by atoms with E-state index in [4.69, 9.17) is 0 Å². The molecule has 0 atom stereocenters. The Hall–Kier alpha value is -2.56. The highest BCUT2D eigenvalue weighted by atomic mass is 16.5. The fraction of sp³-hybridized carbons (Fsp3) is 0.0769. The van der Waals surface area contributed by atoms with Gasteiger partial charge in [0.15, 0.2) is 5.52 Å². The van der Waals surface area contributed by atoms with Crippen molar-refractivity contribution < 1.29 is 5.21 Å². The largest absolute Gasteiger partial charge is 0.425 e. The van der Waals surface area contributed by atoms with Crippen molar-refractivity contribution in [3.05, 3.63) is 52.9 Å². The van der Waals surface area contributed by atoms with Gasteiger partial charge in [0.05, 0.1) is 5.69 Å². The molecule has 0 bridgehead atoms. The number of pyridine rings is 1. The van der Waals surface area contributed by atoms with Gasteiger partial charge in [-0.25, -0.2) is 0 Å². The molecule has 1 aromatic carbocycles. The van der Waals surface area contributed by atoms with Gasteiger partial charge in [-0.15, -0.1) is 4.73 Å². The Bertz CT molecular complexity index is 772. The number of aryl methyl sites for hydroxylation is 1.